The van der Waals surface area contributed by atoms with Crippen molar-refractivity contribution in [3.05, 3.63) is 72.4 Å². The van der Waals surface area contributed by atoms with Gasteiger partial charge >= 0.3 is 0 Å². The van der Waals surface area contributed by atoms with Crippen molar-refractivity contribution in [2.75, 3.05) is 51.9 Å². The third-order valence-corrected chi connectivity index (χ3v) is 6.85. The normalized spacial score (nSPS) is 15.4. The van der Waals surface area contributed by atoms with E-state index in [4.69, 9.17) is 18.9 Å². The number of ether oxygens (including phenoxy) is 4. The zero-order valence-electron chi connectivity index (χ0n) is 23.1. The number of para-hydroxylation sites is 1. The van der Waals surface area contributed by atoms with Crippen LogP contribution < -0.4 is 19.5 Å². The average molecular weight is 559 g/mol. The number of aromatic nitrogens is 2. The Labute approximate surface area is 239 Å². The van der Waals surface area contributed by atoms with Crippen LogP contribution in [0.4, 0.5) is 5.82 Å². The van der Waals surface area contributed by atoms with Crippen molar-refractivity contribution in [3.8, 4) is 17.2 Å². The van der Waals surface area contributed by atoms with Crippen molar-refractivity contribution in [1.29, 1.82) is 0 Å². The molecule has 0 bridgehead atoms. The molecule has 1 aliphatic heterocycles. The van der Waals surface area contributed by atoms with Gasteiger partial charge in [-0.1, -0.05) is 18.2 Å². The van der Waals surface area contributed by atoms with E-state index in [0.717, 1.165) is 31.8 Å². The maximum atomic E-state index is 12.8. The SMILES string of the molecule is COc1cc2c(NC3=CC(=O)C(OCCCOc4ccccc4)=CC3=O)ncnc2cc1OCCCN1CCCC1. The van der Waals surface area contributed by atoms with Gasteiger partial charge in [0, 0.05) is 36.6 Å². The summed E-state index contributed by atoms with van der Waals surface area (Å²) in [6.07, 6.45) is 7.82. The summed E-state index contributed by atoms with van der Waals surface area (Å²) < 4.78 is 22.8. The van der Waals surface area contributed by atoms with Gasteiger partial charge in [-0.15, -0.1) is 0 Å². The van der Waals surface area contributed by atoms with Crippen molar-refractivity contribution in [1.82, 2.24) is 14.9 Å². The zero-order valence-corrected chi connectivity index (χ0v) is 23.1. The topological polar surface area (TPSA) is 112 Å². The molecular weight excluding hydrogens is 524 g/mol. The number of anilines is 1. The number of nitrogens with one attached hydrogen (secondary N) is 1. The number of hydrogen-bond acceptors (Lipinski definition) is 10. The molecule has 5 rings (SSSR count). The molecule has 2 aromatic carbocycles. The van der Waals surface area contributed by atoms with Crippen LogP contribution in [-0.2, 0) is 14.3 Å². The molecule has 0 spiro atoms. The molecule has 0 atom stereocenters. The van der Waals surface area contributed by atoms with E-state index in [1.807, 2.05) is 30.3 Å². The van der Waals surface area contributed by atoms with Crippen LogP contribution in [0.15, 0.2) is 72.4 Å². The van der Waals surface area contributed by atoms with Gasteiger partial charge in [0.05, 0.1) is 38.1 Å². The number of rotatable bonds is 14. The number of methoxy groups -OCH3 is 1. The van der Waals surface area contributed by atoms with Gasteiger partial charge < -0.3 is 29.2 Å². The number of benzene rings is 2. The van der Waals surface area contributed by atoms with Crippen molar-refractivity contribution in [2.45, 2.75) is 25.7 Å². The van der Waals surface area contributed by atoms with E-state index in [1.54, 1.807) is 19.2 Å². The number of likely N-dealkylation sites (tertiary alicyclic amines) is 1. The second-order valence-electron chi connectivity index (χ2n) is 9.78. The predicted molar refractivity (Wildman–Crippen MR) is 154 cm³/mol. The first-order valence-corrected chi connectivity index (χ1v) is 13.9. The maximum absolute atomic E-state index is 12.8. The minimum Gasteiger partial charge on any atom is -0.493 e. The third kappa shape index (κ3) is 7.40. The van der Waals surface area contributed by atoms with Gasteiger partial charge in [0.1, 0.15) is 17.9 Å². The van der Waals surface area contributed by atoms with Crippen molar-refractivity contribution in [3.63, 3.8) is 0 Å². The van der Waals surface area contributed by atoms with Crippen LogP contribution >= 0.6 is 0 Å². The van der Waals surface area contributed by atoms with Gasteiger partial charge in [0.2, 0.25) is 11.6 Å². The smallest absolute Gasteiger partial charge is 0.222 e. The van der Waals surface area contributed by atoms with E-state index in [2.05, 4.69) is 20.2 Å². The van der Waals surface area contributed by atoms with Gasteiger partial charge in [-0.05, 0) is 50.6 Å². The zero-order chi connectivity index (χ0) is 28.4. The summed E-state index contributed by atoms with van der Waals surface area (Å²) in [5.74, 6) is 1.46. The lowest BCUT2D eigenvalue weighted by Crippen LogP contribution is -2.22. The Bertz CT molecular complexity index is 1430. The fraction of sp³-hybridized carbons (Fsp3) is 0.355. The van der Waals surface area contributed by atoms with E-state index < -0.39 is 11.6 Å². The first-order chi connectivity index (χ1) is 20.1. The standard InChI is InChI=1S/C31H34N4O6/c1-38-29-17-23-24(19-30(29)41-14-7-13-35-11-5-6-12-35)32-21-33-31(23)34-25-18-27(37)28(20-26(25)36)40-16-8-15-39-22-9-3-2-4-10-22/h2-4,9-10,17-21H,5-8,11-16H2,1H3,(H,32,33,34). The van der Waals surface area contributed by atoms with Gasteiger partial charge in [-0.25, -0.2) is 9.97 Å². The third-order valence-electron chi connectivity index (χ3n) is 6.85. The summed E-state index contributed by atoms with van der Waals surface area (Å²) in [5, 5.41) is 3.62. The van der Waals surface area contributed by atoms with Crippen LogP contribution in [0.2, 0.25) is 0 Å². The van der Waals surface area contributed by atoms with E-state index in [1.165, 1.54) is 31.3 Å². The van der Waals surface area contributed by atoms with Crippen molar-refractivity contribution >= 4 is 28.3 Å². The molecule has 1 saturated heterocycles. The molecule has 2 heterocycles. The van der Waals surface area contributed by atoms with E-state index >= 15 is 0 Å². The number of fused-ring (bicyclic) bond motifs is 1. The molecule has 2 aliphatic rings. The van der Waals surface area contributed by atoms with E-state index in [9.17, 15) is 9.59 Å². The molecule has 10 nitrogen and oxygen atoms in total. The van der Waals surface area contributed by atoms with Gasteiger partial charge in [-0.3, -0.25) is 9.59 Å². The lowest BCUT2D eigenvalue weighted by Gasteiger charge is -2.17. The Balaban J connectivity index is 1.18. The molecule has 214 valence electrons. The van der Waals surface area contributed by atoms with Crippen molar-refractivity contribution < 1.29 is 28.5 Å². The molecule has 0 unspecified atom stereocenters. The molecular formula is C31H34N4O6. The first kappa shape index (κ1) is 28.1. The minimum atomic E-state index is -0.406. The minimum absolute atomic E-state index is 0.000924. The quantitative estimate of drug-likeness (QED) is 0.227. The molecule has 1 aromatic heterocycles. The van der Waals surface area contributed by atoms with Crippen LogP contribution in [0, 0.1) is 0 Å². The second kappa shape index (κ2) is 13.8. The fourth-order valence-electron chi connectivity index (χ4n) is 4.74. The highest BCUT2D eigenvalue weighted by molar-refractivity contribution is 6.20. The van der Waals surface area contributed by atoms with Crippen LogP contribution in [0.25, 0.3) is 10.9 Å². The number of carbonyl (C=O) groups excluding carboxylic acids is 2. The summed E-state index contributed by atoms with van der Waals surface area (Å²) in [5.41, 5.74) is 0.710. The highest BCUT2D eigenvalue weighted by Crippen LogP contribution is 2.34. The number of hydrogen-bond donors (Lipinski definition) is 1. The fourth-order valence-corrected chi connectivity index (χ4v) is 4.74. The summed E-state index contributed by atoms with van der Waals surface area (Å²) in [6, 6.07) is 13.0. The van der Waals surface area contributed by atoms with Gasteiger partial charge in [0.25, 0.3) is 0 Å². The average Bonchev–Trinajstić information content (AvgIpc) is 3.51. The monoisotopic (exact) mass is 558 g/mol. The molecule has 1 fully saturated rings. The number of nitrogens with zero attached hydrogens (tertiary/aromatic N) is 3. The molecule has 3 aromatic rings. The summed E-state index contributed by atoms with van der Waals surface area (Å²) in [4.78, 5) is 36.6. The number of ketones is 2. The van der Waals surface area contributed by atoms with Crippen LogP contribution in [0.1, 0.15) is 25.7 Å². The molecule has 41 heavy (non-hydrogen) atoms. The summed E-state index contributed by atoms with van der Waals surface area (Å²) in [6.45, 7) is 4.56. The van der Waals surface area contributed by atoms with E-state index in [0.29, 0.717) is 47.9 Å². The van der Waals surface area contributed by atoms with Gasteiger partial charge in [-0.2, -0.15) is 0 Å². The second-order valence-corrected chi connectivity index (χ2v) is 9.78. The summed E-state index contributed by atoms with van der Waals surface area (Å²) >= 11 is 0. The lowest BCUT2D eigenvalue weighted by atomic mass is 10.1. The maximum Gasteiger partial charge on any atom is 0.222 e. The number of allylic oxidation sites excluding steroid dienone is 2. The highest BCUT2D eigenvalue weighted by Gasteiger charge is 2.23. The molecule has 10 heteroatoms. The molecule has 1 aliphatic carbocycles. The van der Waals surface area contributed by atoms with Crippen molar-refractivity contribution in [2.24, 2.45) is 0 Å². The van der Waals surface area contributed by atoms with Crippen LogP contribution in [0.3, 0.4) is 0 Å². The molecule has 0 amide bonds. The summed E-state index contributed by atoms with van der Waals surface area (Å²) in [7, 11) is 1.57. The number of carbonyl (C=O) groups is 2. The lowest BCUT2D eigenvalue weighted by molar-refractivity contribution is -0.117. The first-order valence-electron chi connectivity index (χ1n) is 13.9. The molecule has 0 radical (unpaired) electrons. The molecule has 0 saturated carbocycles. The van der Waals surface area contributed by atoms with Crippen LogP contribution in [-0.4, -0.2) is 73.0 Å². The van der Waals surface area contributed by atoms with Gasteiger partial charge in [0.15, 0.2) is 17.3 Å². The Hall–Kier alpha value is -4.44. The molecule has 1 N–H and O–H groups in total. The Morgan fingerprint density at radius 1 is 0.854 bits per heavy atom. The largest absolute Gasteiger partial charge is 0.493 e. The Morgan fingerprint density at radius 3 is 2.44 bits per heavy atom. The van der Waals surface area contributed by atoms with Crippen LogP contribution in [0.5, 0.6) is 17.2 Å². The Kier molecular flexibility index (Phi) is 9.43. The Morgan fingerprint density at radius 2 is 1.63 bits per heavy atom. The van der Waals surface area contributed by atoms with E-state index in [-0.39, 0.29) is 18.1 Å². The predicted octanol–water partition coefficient (Wildman–Crippen LogP) is 4.32. The highest BCUT2D eigenvalue weighted by atomic mass is 16.5.